The third-order valence-corrected chi connectivity index (χ3v) is 9.56. The summed E-state index contributed by atoms with van der Waals surface area (Å²) in [6.07, 6.45) is -1.39. The van der Waals surface area contributed by atoms with E-state index in [0.717, 1.165) is 33.2 Å². The number of rotatable bonds is 5. The molecule has 1 aliphatic heterocycles. The second-order valence-corrected chi connectivity index (χ2v) is 11.5. The molecule has 0 spiro atoms. The van der Waals surface area contributed by atoms with Gasteiger partial charge >= 0.3 is 5.97 Å². The standard InChI is InChI=1S/C33H32Cl2N2O5/c1-14-16(3)26(27(33(40)41)29(35)17(14)4)32(39)37-24-9-7-8-20-10-11-23(36-30(20)24)22-13-42-12-21-15(2)18(5)28(34)19(6)25(21)31(22)38/h7-11,32,37-39H,12-13H2,1-6H3,(H,40,41). The Bertz CT molecular complexity index is 1830. The number of ether oxygens (including phenoxy) is 1. The Morgan fingerprint density at radius 2 is 1.60 bits per heavy atom. The maximum absolute atomic E-state index is 12.2. The SMILES string of the molecule is Cc1c(C)c(Cl)c(C(=O)O)c(C(O)Nc2cccc3ccc(C4=C(O)c5c(C)c(Cl)c(C)c(C)c5COC4)nc23)c1C. The van der Waals surface area contributed by atoms with E-state index >= 15 is 0 Å². The minimum Gasteiger partial charge on any atom is -0.507 e. The molecule has 9 heteroatoms. The molecule has 1 unspecified atom stereocenters. The highest BCUT2D eigenvalue weighted by Crippen LogP contribution is 2.40. The highest BCUT2D eigenvalue weighted by Gasteiger charge is 2.28. The van der Waals surface area contributed by atoms with Gasteiger partial charge in [0.2, 0.25) is 0 Å². The number of aliphatic hydroxyl groups excluding tert-OH is 2. The topological polar surface area (TPSA) is 112 Å². The van der Waals surface area contributed by atoms with Gasteiger partial charge in [-0.2, -0.15) is 0 Å². The van der Waals surface area contributed by atoms with Crippen LogP contribution in [0.15, 0.2) is 30.3 Å². The number of halogens is 2. The summed E-state index contributed by atoms with van der Waals surface area (Å²) >= 11 is 13.1. The number of aromatic carboxylic acids is 1. The molecule has 0 saturated heterocycles. The number of para-hydroxylation sites is 1. The number of hydrogen-bond donors (Lipinski definition) is 4. The van der Waals surface area contributed by atoms with E-state index in [2.05, 4.69) is 5.32 Å². The maximum Gasteiger partial charge on any atom is 0.337 e. The fraction of sp³-hybridized carbons (Fsp3) is 0.273. The molecule has 4 aromatic rings. The Labute approximate surface area is 254 Å². The Morgan fingerprint density at radius 1 is 0.905 bits per heavy atom. The molecule has 0 aliphatic carbocycles. The van der Waals surface area contributed by atoms with Crippen LogP contribution in [0.1, 0.15) is 72.4 Å². The number of carboxylic acid groups (broad SMARTS) is 1. The first-order valence-corrected chi connectivity index (χ1v) is 14.3. The second kappa shape index (κ2) is 11.2. The molecule has 0 bridgehead atoms. The summed E-state index contributed by atoms with van der Waals surface area (Å²) in [7, 11) is 0. The largest absolute Gasteiger partial charge is 0.507 e. The number of aromatic nitrogens is 1. The van der Waals surface area contributed by atoms with Gasteiger partial charge in [-0.3, -0.25) is 0 Å². The number of benzene rings is 3. The third kappa shape index (κ3) is 4.80. The molecule has 0 amide bonds. The zero-order valence-electron chi connectivity index (χ0n) is 24.2. The van der Waals surface area contributed by atoms with Crippen molar-refractivity contribution < 1.29 is 24.9 Å². The van der Waals surface area contributed by atoms with Gasteiger partial charge < -0.3 is 25.4 Å². The third-order valence-electron chi connectivity index (χ3n) is 8.52. The minimum absolute atomic E-state index is 0.0637. The summed E-state index contributed by atoms with van der Waals surface area (Å²) in [5, 5.41) is 37.4. The minimum atomic E-state index is -1.39. The molecule has 42 heavy (non-hydrogen) atoms. The smallest absolute Gasteiger partial charge is 0.337 e. The monoisotopic (exact) mass is 606 g/mol. The van der Waals surface area contributed by atoms with Crippen molar-refractivity contribution in [3.63, 3.8) is 0 Å². The van der Waals surface area contributed by atoms with Gasteiger partial charge in [0.15, 0.2) is 6.23 Å². The molecule has 3 aromatic carbocycles. The van der Waals surface area contributed by atoms with Gasteiger partial charge in [-0.1, -0.05) is 41.4 Å². The van der Waals surface area contributed by atoms with Crippen LogP contribution in [-0.4, -0.2) is 32.9 Å². The van der Waals surface area contributed by atoms with Crippen LogP contribution in [-0.2, 0) is 11.3 Å². The molecule has 5 rings (SSSR count). The molecule has 2 heterocycles. The molecular weight excluding hydrogens is 575 g/mol. The number of carboxylic acids is 1. The van der Waals surface area contributed by atoms with E-state index in [1.54, 1.807) is 19.9 Å². The Balaban J connectivity index is 1.64. The van der Waals surface area contributed by atoms with Gasteiger partial charge in [-0.25, -0.2) is 9.78 Å². The van der Waals surface area contributed by atoms with Crippen LogP contribution >= 0.6 is 23.2 Å². The quantitative estimate of drug-likeness (QED) is 0.169. The van der Waals surface area contributed by atoms with Crippen LogP contribution in [0.5, 0.6) is 0 Å². The van der Waals surface area contributed by atoms with Gasteiger partial charge in [-0.05, 0) is 92.6 Å². The highest BCUT2D eigenvalue weighted by molar-refractivity contribution is 6.34. The average Bonchev–Trinajstić information content (AvgIpc) is 3.14. The van der Waals surface area contributed by atoms with Crippen molar-refractivity contribution in [2.24, 2.45) is 0 Å². The number of carbonyl (C=O) groups is 1. The van der Waals surface area contributed by atoms with Crippen LogP contribution in [0.25, 0.3) is 22.2 Å². The first-order chi connectivity index (χ1) is 19.8. The van der Waals surface area contributed by atoms with Crippen molar-refractivity contribution in [3.05, 3.63) is 102 Å². The molecule has 218 valence electrons. The number of fused-ring (bicyclic) bond motifs is 2. The Morgan fingerprint density at radius 3 is 2.29 bits per heavy atom. The molecule has 7 nitrogen and oxygen atoms in total. The highest BCUT2D eigenvalue weighted by atomic mass is 35.5. The first kappa shape index (κ1) is 29.9. The number of nitrogens with zero attached hydrogens (tertiary/aromatic N) is 1. The van der Waals surface area contributed by atoms with Crippen LogP contribution in [0.3, 0.4) is 0 Å². The van der Waals surface area contributed by atoms with E-state index in [4.69, 9.17) is 32.9 Å². The Hall–Kier alpha value is -3.62. The summed E-state index contributed by atoms with van der Waals surface area (Å²) in [6.45, 7) is 11.6. The average molecular weight is 608 g/mol. The molecule has 0 fully saturated rings. The fourth-order valence-corrected chi connectivity index (χ4v) is 6.27. The van der Waals surface area contributed by atoms with Crippen LogP contribution < -0.4 is 5.32 Å². The van der Waals surface area contributed by atoms with Crippen molar-refractivity contribution in [2.45, 2.75) is 54.4 Å². The van der Waals surface area contributed by atoms with Crippen molar-refractivity contribution in [3.8, 4) is 0 Å². The van der Waals surface area contributed by atoms with Crippen molar-refractivity contribution in [2.75, 3.05) is 11.9 Å². The molecule has 4 N–H and O–H groups in total. The number of pyridine rings is 1. The molecular formula is C33H32Cl2N2O5. The summed E-state index contributed by atoms with van der Waals surface area (Å²) in [6, 6.07) is 9.14. The number of hydrogen-bond acceptors (Lipinski definition) is 6. The van der Waals surface area contributed by atoms with E-state index in [0.29, 0.717) is 50.8 Å². The van der Waals surface area contributed by atoms with Crippen molar-refractivity contribution in [1.29, 1.82) is 0 Å². The summed E-state index contributed by atoms with van der Waals surface area (Å²) in [5.74, 6) is -1.16. The van der Waals surface area contributed by atoms with Gasteiger partial charge in [0.05, 0.1) is 40.7 Å². The van der Waals surface area contributed by atoms with Crippen LogP contribution in [0.4, 0.5) is 5.69 Å². The summed E-state index contributed by atoms with van der Waals surface area (Å²) < 4.78 is 6.01. The predicted molar refractivity (Wildman–Crippen MR) is 168 cm³/mol. The molecule has 0 radical (unpaired) electrons. The zero-order chi connectivity index (χ0) is 30.6. The summed E-state index contributed by atoms with van der Waals surface area (Å²) in [4.78, 5) is 17.1. The lowest BCUT2D eigenvalue weighted by atomic mass is 9.91. The van der Waals surface area contributed by atoms with E-state index in [9.17, 15) is 20.1 Å². The lowest BCUT2D eigenvalue weighted by molar-refractivity contribution is 0.0690. The Kier molecular flexibility index (Phi) is 7.98. The number of anilines is 1. The predicted octanol–water partition coefficient (Wildman–Crippen LogP) is 8.15. The number of nitrogens with one attached hydrogen (secondary N) is 1. The fourth-order valence-electron chi connectivity index (χ4n) is 5.71. The van der Waals surface area contributed by atoms with Crippen molar-refractivity contribution in [1.82, 2.24) is 4.98 Å². The molecule has 0 saturated carbocycles. The maximum atomic E-state index is 12.2. The first-order valence-electron chi connectivity index (χ1n) is 13.5. The van der Waals surface area contributed by atoms with Gasteiger partial charge in [0.1, 0.15) is 5.76 Å². The van der Waals surface area contributed by atoms with E-state index in [1.165, 1.54) is 0 Å². The summed E-state index contributed by atoms with van der Waals surface area (Å²) in [5.41, 5.74) is 8.41. The van der Waals surface area contributed by atoms with E-state index in [1.807, 2.05) is 52.0 Å². The van der Waals surface area contributed by atoms with Gasteiger partial charge in [0, 0.05) is 27.1 Å². The van der Waals surface area contributed by atoms with E-state index < -0.39 is 12.2 Å². The van der Waals surface area contributed by atoms with E-state index in [-0.39, 0.29) is 28.5 Å². The zero-order valence-corrected chi connectivity index (χ0v) is 25.8. The van der Waals surface area contributed by atoms with Crippen LogP contribution in [0, 0.1) is 41.5 Å². The lowest BCUT2D eigenvalue weighted by Crippen LogP contribution is -2.18. The van der Waals surface area contributed by atoms with Crippen molar-refractivity contribution >= 4 is 57.1 Å². The second-order valence-electron chi connectivity index (χ2n) is 10.8. The van der Waals surface area contributed by atoms with Gasteiger partial charge in [0.25, 0.3) is 0 Å². The molecule has 1 atom stereocenters. The molecule has 1 aliphatic rings. The van der Waals surface area contributed by atoms with Crippen LogP contribution in [0.2, 0.25) is 10.0 Å². The van der Waals surface area contributed by atoms with Gasteiger partial charge in [-0.15, -0.1) is 0 Å². The molecule has 1 aromatic heterocycles. The lowest BCUT2D eigenvalue weighted by Gasteiger charge is -2.23. The normalized spacial score (nSPS) is 14.1. The number of aliphatic hydroxyl groups is 2.